The molecule has 3 aromatic carbocycles. The van der Waals surface area contributed by atoms with Gasteiger partial charge in [0.1, 0.15) is 5.75 Å². The van der Waals surface area contributed by atoms with E-state index in [1.54, 1.807) is 24.3 Å². The number of carbonyl (C=O) groups is 1. The Morgan fingerprint density at radius 2 is 1.79 bits per heavy atom. The van der Waals surface area contributed by atoms with Gasteiger partial charge >= 0.3 is 0 Å². The highest BCUT2D eigenvalue weighted by Gasteiger charge is 2.18. The predicted octanol–water partition coefficient (Wildman–Crippen LogP) is 6.37. The number of carbonyl (C=O) groups excluding carboxylic acids is 1. The molecule has 168 valence electrons. The van der Waals surface area contributed by atoms with Crippen molar-refractivity contribution >= 4 is 46.6 Å². The maximum Gasteiger partial charge on any atom is 0.234 e. The first-order chi connectivity index (χ1) is 16.0. The zero-order valence-electron chi connectivity index (χ0n) is 17.7. The zero-order valence-corrected chi connectivity index (χ0v) is 20.0. The smallest absolute Gasteiger partial charge is 0.234 e. The number of amides is 1. The van der Waals surface area contributed by atoms with Gasteiger partial charge < -0.3 is 10.1 Å². The number of ether oxygens (including phenoxy) is 1. The molecule has 0 spiro atoms. The maximum absolute atomic E-state index is 12.7. The van der Waals surface area contributed by atoms with Crippen LogP contribution >= 0.6 is 35.0 Å². The molecule has 4 aromatic rings. The van der Waals surface area contributed by atoms with E-state index < -0.39 is 0 Å². The van der Waals surface area contributed by atoms with E-state index in [-0.39, 0.29) is 11.7 Å². The SMILES string of the molecule is CCOc1ccccc1NC(=O)CSc1nnc(-c2cccc(Cl)c2)n1-c1ccc(Cl)cc1. The fraction of sp³-hybridized carbons (Fsp3) is 0.125. The molecule has 1 aromatic heterocycles. The van der Waals surface area contributed by atoms with Gasteiger partial charge in [0.2, 0.25) is 5.91 Å². The van der Waals surface area contributed by atoms with Crippen molar-refractivity contribution in [3.63, 3.8) is 0 Å². The Hall–Kier alpha value is -3.00. The van der Waals surface area contributed by atoms with E-state index >= 15 is 0 Å². The topological polar surface area (TPSA) is 69.0 Å². The summed E-state index contributed by atoms with van der Waals surface area (Å²) in [5.41, 5.74) is 2.26. The third-order valence-electron chi connectivity index (χ3n) is 4.59. The lowest BCUT2D eigenvalue weighted by atomic mass is 10.2. The minimum absolute atomic E-state index is 0.141. The van der Waals surface area contributed by atoms with Crippen molar-refractivity contribution in [2.75, 3.05) is 17.7 Å². The first-order valence-corrected chi connectivity index (χ1v) is 11.9. The van der Waals surface area contributed by atoms with Crippen LogP contribution in [0.3, 0.4) is 0 Å². The van der Waals surface area contributed by atoms with Crippen LogP contribution in [-0.4, -0.2) is 33.0 Å². The molecule has 33 heavy (non-hydrogen) atoms. The summed E-state index contributed by atoms with van der Waals surface area (Å²) in [5, 5.41) is 13.4. The van der Waals surface area contributed by atoms with Gasteiger partial charge in [-0.2, -0.15) is 0 Å². The largest absolute Gasteiger partial charge is 0.492 e. The Morgan fingerprint density at radius 1 is 1.00 bits per heavy atom. The van der Waals surface area contributed by atoms with Crippen molar-refractivity contribution in [2.45, 2.75) is 12.1 Å². The van der Waals surface area contributed by atoms with E-state index in [0.717, 1.165) is 11.3 Å². The number of nitrogens with zero attached hydrogens (tertiary/aromatic N) is 3. The number of anilines is 1. The highest BCUT2D eigenvalue weighted by molar-refractivity contribution is 7.99. The minimum atomic E-state index is -0.179. The Kier molecular flexibility index (Phi) is 7.54. The second kappa shape index (κ2) is 10.7. The second-order valence-electron chi connectivity index (χ2n) is 6.89. The van der Waals surface area contributed by atoms with Crippen molar-refractivity contribution < 1.29 is 9.53 Å². The van der Waals surface area contributed by atoms with Gasteiger partial charge in [-0.3, -0.25) is 9.36 Å². The Balaban J connectivity index is 1.59. The molecule has 0 fully saturated rings. The zero-order chi connectivity index (χ0) is 23.2. The molecule has 1 amide bonds. The van der Waals surface area contributed by atoms with Gasteiger partial charge in [0.25, 0.3) is 0 Å². The molecule has 0 aliphatic rings. The summed E-state index contributed by atoms with van der Waals surface area (Å²) in [6, 6.07) is 22.1. The fourth-order valence-corrected chi connectivity index (χ4v) is 4.24. The molecule has 1 heterocycles. The van der Waals surface area contributed by atoms with E-state index in [4.69, 9.17) is 27.9 Å². The monoisotopic (exact) mass is 498 g/mol. The lowest BCUT2D eigenvalue weighted by Gasteiger charge is -2.12. The predicted molar refractivity (Wildman–Crippen MR) is 134 cm³/mol. The minimum Gasteiger partial charge on any atom is -0.492 e. The summed E-state index contributed by atoms with van der Waals surface area (Å²) < 4.78 is 7.46. The summed E-state index contributed by atoms with van der Waals surface area (Å²) in [4.78, 5) is 12.7. The highest BCUT2D eigenvalue weighted by Crippen LogP contribution is 2.30. The van der Waals surface area contributed by atoms with Crippen LogP contribution < -0.4 is 10.1 Å². The van der Waals surface area contributed by atoms with Crippen LogP contribution in [0.5, 0.6) is 5.75 Å². The van der Waals surface area contributed by atoms with Gasteiger partial charge in [0, 0.05) is 21.3 Å². The molecule has 6 nitrogen and oxygen atoms in total. The molecular formula is C24H20Cl2N4O2S. The molecule has 0 aliphatic carbocycles. The molecule has 0 aliphatic heterocycles. The molecule has 1 N–H and O–H groups in total. The lowest BCUT2D eigenvalue weighted by molar-refractivity contribution is -0.113. The van der Waals surface area contributed by atoms with Crippen LogP contribution in [0.2, 0.25) is 10.0 Å². The van der Waals surface area contributed by atoms with E-state index in [2.05, 4.69) is 15.5 Å². The average molecular weight is 499 g/mol. The standard InChI is InChI=1S/C24H20Cl2N4O2S/c1-2-32-21-9-4-3-8-20(21)27-22(31)15-33-24-29-28-23(16-6-5-7-18(26)14-16)30(24)19-12-10-17(25)11-13-19/h3-14H,2,15H2,1H3,(H,27,31). The van der Waals surface area contributed by atoms with Crippen molar-refractivity contribution in [2.24, 2.45) is 0 Å². The second-order valence-corrected chi connectivity index (χ2v) is 8.71. The van der Waals surface area contributed by atoms with Gasteiger partial charge in [0.05, 0.1) is 18.0 Å². The third kappa shape index (κ3) is 5.68. The summed E-state index contributed by atoms with van der Waals surface area (Å²) in [6.45, 7) is 2.41. The molecule has 9 heteroatoms. The number of thioether (sulfide) groups is 1. The van der Waals surface area contributed by atoms with Crippen LogP contribution in [0.1, 0.15) is 6.92 Å². The maximum atomic E-state index is 12.7. The van der Waals surface area contributed by atoms with Crippen molar-refractivity contribution in [1.82, 2.24) is 14.8 Å². The Labute approximate surface area is 205 Å². The van der Waals surface area contributed by atoms with Gasteiger partial charge in [-0.1, -0.05) is 59.2 Å². The normalized spacial score (nSPS) is 10.8. The number of rotatable bonds is 8. The van der Waals surface area contributed by atoms with Gasteiger partial charge in [0.15, 0.2) is 11.0 Å². The molecule has 0 radical (unpaired) electrons. The molecular weight excluding hydrogens is 479 g/mol. The molecule has 0 saturated carbocycles. The van der Waals surface area contributed by atoms with Gasteiger partial charge in [-0.25, -0.2) is 0 Å². The van der Waals surface area contributed by atoms with Crippen molar-refractivity contribution in [3.05, 3.63) is 82.8 Å². The lowest BCUT2D eigenvalue weighted by Crippen LogP contribution is -2.15. The van der Waals surface area contributed by atoms with Crippen LogP contribution in [0.25, 0.3) is 17.1 Å². The van der Waals surface area contributed by atoms with Crippen LogP contribution in [0.15, 0.2) is 78.0 Å². The van der Waals surface area contributed by atoms with Crippen molar-refractivity contribution in [1.29, 1.82) is 0 Å². The molecule has 0 saturated heterocycles. The molecule has 0 atom stereocenters. The molecule has 4 rings (SSSR count). The number of halogens is 2. The number of hydrogen-bond acceptors (Lipinski definition) is 5. The van der Waals surface area contributed by atoms with Crippen LogP contribution in [0.4, 0.5) is 5.69 Å². The quantitative estimate of drug-likeness (QED) is 0.285. The first kappa shape index (κ1) is 23.2. The van der Waals surface area contributed by atoms with E-state index in [9.17, 15) is 4.79 Å². The third-order valence-corrected chi connectivity index (χ3v) is 6.01. The van der Waals surface area contributed by atoms with E-state index in [0.29, 0.717) is 39.1 Å². The van der Waals surface area contributed by atoms with E-state index in [1.165, 1.54) is 11.8 Å². The van der Waals surface area contributed by atoms with Crippen LogP contribution in [0, 0.1) is 0 Å². The van der Waals surface area contributed by atoms with E-state index in [1.807, 2.05) is 60.0 Å². The summed E-state index contributed by atoms with van der Waals surface area (Å²) in [6.07, 6.45) is 0. The fourth-order valence-electron chi connectivity index (χ4n) is 3.17. The number of nitrogens with one attached hydrogen (secondary N) is 1. The first-order valence-electron chi connectivity index (χ1n) is 10.2. The Morgan fingerprint density at radius 3 is 2.55 bits per heavy atom. The highest BCUT2D eigenvalue weighted by atomic mass is 35.5. The Bertz CT molecular complexity index is 1260. The molecule has 0 bridgehead atoms. The van der Waals surface area contributed by atoms with Gasteiger partial charge in [-0.05, 0) is 55.5 Å². The summed E-state index contributed by atoms with van der Waals surface area (Å²) in [5.74, 6) is 1.21. The average Bonchev–Trinajstić information content (AvgIpc) is 3.24. The number of benzene rings is 3. The molecule has 0 unspecified atom stereocenters. The van der Waals surface area contributed by atoms with Crippen molar-refractivity contribution in [3.8, 4) is 22.8 Å². The number of hydrogen-bond donors (Lipinski definition) is 1. The number of aromatic nitrogens is 3. The summed E-state index contributed by atoms with van der Waals surface area (Å²) >= 11 is 13.6. The number of para-hydroxylation sites is 2. The van der Waals surface area contributed by atoms with Gasteiger partial charge in [-0.15, -0.1) is 10.2 Å². The summed E-state index contributed by atoms with van der Waals surface area (Å²) in [7, 11) is 0. The van der Waals surface area contributed by atoms with Crippen LogP contribution in [-0.2, 0) is 4.79 Å².